The second-order valence-electron chi connectivity index (χ2n) is 4.16. The predicted octanol–water partition coefficient (Wildman–Crippen LogP) is 2.13. The molecule has 110 valence electrons. The normalized spacial score (nSPS) is 10.2. The minimum Gasteiger partial charge on any atom is -0.465 e. The fraction of sp³-hybridized carbons (Fsp3) is 0.214. The Labute approximate surface area is 130 Å². The SMILES string of the molecule is CCOC(=O)CNC(=O)c1cc(-c2ccc(Br)cc2)n[nH]1. The molecule has 0 radical (unpaired) electrons. The van der Waals surface area contributed by atoms with E-state index in [9.17, 15) is 9.59 Å². The van der Waals surface area contributed by atoms with Crippen LogP contribution in [0.3, 0.4) is 0 Å². The summed E-state index contributed by atoms with van der Waals surface area (Å²) in [5.74, 6) is -0.877. The standard InChI is InChI=1S/C14H14BrN3O3/c1-2-21-13(19)8-16-14(20)12-7-11(17-18-12)9-3-5-10(15)6-4-9/h3-7H,2,8H2,1H3,(H,16,20)(H,17,18). The number of nitrogens with zero attached hydrogens (tertiary/aromatic N) is 1. The Morgan fingerprint density at radius 3 is 2.71 bits per heavy atom. The molecule has 0 bridgehead atoms. The molecule has 0 aliphatic heterocycles. The first kappa shape index (κ1) is 15.2. The summed E-state index contributed by atoms with van der Waals surface area (Å²) in [6.45, 7) is 1.82. The average Bonchev–Trinajstić information content (AvgIpc) is 2.96. The monoisotopic (exact) mass is 351 g/mol. The van der Waals surface area contributed by atoms with Crippen LogP contribution in [0.2, 0.25) is 0 Å². The van der Waals surface area contributed by atoms with Crippen LogP contribution < -0.4 is 5.32 Å². The van der Waals surface area contributed by atoms with Crippen LogP contribution in [0.15, 0.2) is 34.8 Å². The van der Waals surface area contributed by atoms with Gasteiger partial charge in [0.25, 0.3) is 5.91 Å². The van der Waals surface area contributed by atoms with Crippen molar-refractivity contribution < 1.29 is 14.3 Å². The number of carbonyl (C=O) groups excluding carboxylic acids is 2. The van der Waals surface area contributed by atoms with Crippen molar-refractivity contribution >= 4 is 27.8 Å². The van der Waals surface area contributed by atoms with Crippen molar-refractivity contribution in [3.63, 3.8) is 0 Å². The molecule has 0 atom stereocenters. The van der Waals surface area contributed by atoms with Crippen LogP contribution in [0.1, 0.15) is 17.4 Å². The molecular formula is C14H14BrN3O3. The number of hydrogen-bond donors (Lipinski definition) is 2. The van der Waals surface area contributed by atoms with Crippen LogP contribution in [0.4, 0.5) is 0 Å². The maximum atomic E-state index is 11.9. The van der Waals surface area contributed by atoms with Crippen LogP contribution in [0.5, 0.6) is 0 Å². The third-order valence-corrected chi connectivity index (χ3v) is 3.19. The van der Waals surface area contributed by atoms with E-state index < -0.39 is 11.9 Å². The Kier molecular flexibility index (Phi) is 5.10. The first-order valence-corrected chi connectivity index (χ1v) is 7.14. The number of esters is 1. The number of halogens is 1. The number of hydrogen-bond acceptors (Lipinski definition) is 4. The number of aromatic amines is 1. The van der Waals surface area contributed by atoms with Crippen molar-refractivity contribution in [2.24, 2.45) is 0 Å². The summed E-state index contributed by atoms with van der Waals surface area (Å²) in [5.41, 5.74) is 1.83. The first-order chi connectivity index (χ1) is 10.1. The van der Waals surface area contributed by atoms with Gasteiger partial charge in [0.15, 0.2) is 0 Å². The topological polar surface area (TPSA) is 84.1 Å². The number of carbonyl (C=O) groups is 2. The summed E-state index contributed by atoms with van der Waals surface area (Å²) < 4.78 is 5.70. The molecule has 2 rings (SSSR count). The fourth-order valence-corrected chi connectivity index (χ4v) is 1.93. The van der Waals surface area contributed by atoms with Crippen LogP contribution in [0, 0.1) is 0 Å². The molecule has 2 aromatic rings. The maximum Gasteiger partial charge on any atom is 0.325 e. The molecule has 0 unspecified atom stereocenters. The third kappa shape index (κ3) is 4.16. The summed E-state index contributed by atoms with van der Waals surface area (Å²) in [6, 6.07) is 9.19. The highest BCUT2D eigenvalue weighted by Crippen LogP contribution is 2.20. The Morgan fingerprint density at radius 1 is 1.33 bits per heavy atom. The fourth-order valence-electron chi connectivity index (χ4n) is 1.67. The third-order valence-electron chi connectivity index (χ3n) is 2.66. The second-order valence-corrected chi connectivity index (χ2v) is 5.08. The van der Waals surface area contributed by atoms with E-state index in [2.05, 4.69) is 31.4 Å². The number of aromatic nitrogens is 2. The predicted molar refractivity (Wildman–Crippen MR) is 80.7 cm³/mol. The number of amides is 1. The van der Waals surface area contributed by atoms with E-state index >= 15 is 0 Å². The average molecular weight is 352 g/mol. The molecule has 21 heavy (non-hydrogen) atoms. The molecule has 0 aliphatic carbocycles. The van der Waals surface area contributed by atoms with Gasteiger partial charge in [-0.15, -0.1) is 0 Å². The van der Waals surface area contributed by atoms with Gasteiger partial charge in [0, 0.05) is 10.0 Å². The summed E-state index contributed by atoms with van der Waals surface area (Å²) in [7, 11) is 0. The van der Waals surface area contributed by atoms with E-state index in [-0.39, 0.29) is 18.8 Å². The van der Waals surface area contributed by atoms with Crippen molar-refractivity contribution in [1.29, 1.82) is 0 Å². The largest absolute Gasteiger partial charge is 0.465 e. The van der Waals surface area contributed by atoms with Gasteiger partial charge in [0.05, 0.1) is 12.3 Å². The zero-order valence-corrected chi connectivity index (χ0v) is 12.9. The molecular weight excluding hydrogens is 338 g/mol. The molecule has 0 fully saturated rings. The van der Waals surface area contributed by atoms with Crippen molar-refractivity contribution in [2.45, 2.75) is 6.92 Å². The van der Waals surface area contributed by atoms with Crippen molar-refractivity contribution in [1.82, 2.24) is 15.5 Å². The summed E-state index contributed by atoms with van der Waals surface area (Å²) in [5, 5.41) is 9.20. The smallest absolute Gasteiger partial charge is 0.325 e. The quantitative estimate of drug-likeness (QED) is 0.808. The van der Waals surface area contributed by atoms with Gasteiger partial charge in [-0.25, -0.2) is 0 Å². The maximum absolute atomic E-state index is 11.9. The molecule has 0 aliphatic rings. The molecule has 7 heteroatoms. The van der Waals surface area contributed by atoms with E-state index in [1.54, 1.807) is 13.0 Å². The second kappa shape index (κ2) is 7.03. The lowest BCUT2D eigenvalue weighted by molar-refractivity contribution is -0.141. The van der Waals surface area contributed by atoms with Crippen molar-refractivity contribution in [3.8, 4) is 11.3 Å². The van der Waals surface area contributed by atoms with Gasteiger partial charge in [-0.1, -0.05) is 28.1 Å². The Hall–Kier alpha value is -2.15. The highest BCUT2D eigenvalue weighted by Gasteiger charge is 2.12. The van der Waals surface area contributed by atoms with Gasteiger partial charge in [-0.3, -0.25) is 14.7 Å². The highest BCUT2D eigenvalue weighted by atomic mass is 79.9. The van der Waals surface area contributed by atoms with Crippen LogP contribution in [0.25, 0.3) is 11.3 Å². The van der Waals surface area contributed by atoms with E-state index in [0.717, 1.165) is 10.0 Å². The van der Waals surface area contributed by atoms with E-state index in [4.69, 9.17) is 4.74 Å². The van der Waals surface area contributed by atoms with Gasteiger partial charge in [-0.05, 0) is 25.1 Å². The zero-order valence-electron chi connectivity index (χ0n) is 11.4. The molecule has 0 saturated carbocycles. The number of rotatable bonds is 5. The van der Waals surface area contributed by atoms with E-state index in [0.29, 0.717) is 5.69 Å². The molecule has 1 aromatic heterocycles. The minimum atomic E-state index is -0.474. The Balaban J connectivity index is 2.00. The van der Waals surface area contributed by atoms with E-state index in [1.165, 1.54) is 0 Å². The van der Waals surface area contributed by atoms with Crippen LogP contribution in [-0.2, 0) is 9.53 Å². The Morgan fingerprint density at radius 2 is 2.05 bits per heavy atom. The highest BCUT2D eigenvalue weighted by molar-refractivity contribution is 9.10. The Bertz CT molecular complexity index is 637. The van der Waals surface area contributed by atoms with Crippen LogP contribution in [-0.4, -0.2) is 35.2 Å². The lowest BCUT2D eigenvalue weighted by atomic mass is 10.1. The molecule has 1 aromatic carbocycles. The summed E-state index contributed by atoms with van der Waals surface area (Å²) >= 11 is 3.36. The lowest BCUT2D eigenvalue weighted by Crippen LogP contribution is -2.30. The van der Waals surface area contributed by atoms with Crippen molar-refractivity contribution in [2.75, 3.05) is 13.2 Å². The van der Waals surface area contributed by atoms with Gasteiger partial charge in [0.2, 0.25) is 0 Å². The number of H-pyrrole nitrogens is 1. The number of benzene rings is 1. The summed E-state index contributed by atoms with van der Waals surface area (Å²) in [6.07, 6.45) is 0. The number of nitrogens with one attached hydrogen (secondary N) is 2. The van der Waals surface area contributed by atoms with Crippen LogP contribution >= 0.6 is 15.9 Å². The van der Waals surface area contributed by atoms with Crippen molar-refractivity contribution in [3.05, 3.63) is 40.5 Å². The summed E-state index contributed by atoms with van der Waals surface area (Å²) in [4.78, 5) is 23.0. The molecule has 1 heterocycles. The molecule has 2 N–H and O–H groups in total. The first-order valence-electron chi connectivity index (χ1n) is 6.35. The lowest BCUT2D eigenvalue weighted by Gasteiger charge is -2.02. The molecule has 0 spiro atoms. The molecule has 1 amide bonds. The van der Waals surface area contributed by atoms with Gasteiger partial charge >= 0.3 is 5.97 Å². The molecule has 6 nitrogen and oxygen atoms in total. The zero-order chi connectivity index (χ0) is 15.2. The van der Waals surface area contributed by atoms with E-state index in [1.807, 2.05) is 24.3 Å². The minimum absolute atomic E-state index is 0.167. The number of ether oxygens (including phenoxy) is 1. The van der Waals surface area contributed by atoms with Gasteiger partial charge < -0.3 is 10.1 Å². The van der Waals surface area contributed by atoms with Gasteiger partial charge in [-0.2, -0.15) is 5.10 Å². The van der Waals surface area contributed by atoms with Gasteiger partial charge in [0.1, 0.15) is 12.2 Å². The molecule has 0 saturated heterocycles.